The van der Waals surface area contributed by atoms with E-state index in [1.807, 2.05) is 0 Å². The third kappa shape index (κ3) is 1.54. The van der Waals surface area contributed by atoms with E-state index in [2.05, 4.69) is 6.55 Å². The fourth-order valence-corrected chi connectivity index (χ4v) is 3.37. The molecule has 0 aliphatic carbocycles. The highest BCUT2D eigenvalue weighted by Crippen LogP contribution is 2.32. The molecule has 52 valence electrons. The van der Waals surface area contributed by atoms with Crippen LogP contribution in [0.1, 0.15) is 13.3 Å². The van der Waals surface area contributed by atoms with E-state index in [0.29, 0.717) is 0 Å². The van der Waals surface area contributed by atoms with Gasteiger partial charge in [-0.1, -0.05) is 6.42 Å². The van der Waals surface area contributed by atoms with E-state index in [4.69, 9.17) is 4.43 Å². The largest absolute Gasteiger partial charge is 0.520 e. The maximum Gasteiger partial charge on any atom is 0.289 e. The Morgan fingerprint density at radius 2 is 2.11 bits per heavy atom. The Labute approximate surface area is 56.3 Å². The quantitative estimate of drug-likeness (QED) is 0.522. The Kier molecular flexibility index (Phi) is 1.61. The highest BCUT2D eigenvalue weighted by atomic mass is 28.4. The van der Waals surface area contributed by atoms with Gasteiger partial charge in [0.05, 0.1) is 0 Å². The van der Waals surface area contributed by atoms with Crippen LogP contribution in [-0.2, 0) is 9.22 Å². The Morgan fingerprint density at radius 1 is 1.56 bits per heavy atom. The van der Waals surface area contributed by atoms with Gasteiger partial charge in [-0.15, -0.1) is 0 Å². The third-order valence-corrected chi connectivity index (χ3v) is 5.40. The monoisotopic (exact) mass is 144 g/mol. The molecule has 9 heavy (non-hydrogen) atoms. The molecule has 2 nitrogen and oxygen atoms in total. The lowest BCUT2D eigenvalue weighted by atomic mass is 10.5. The smallest absolute Gasteiger partial charge is 0.289 e. The van der Waals surface area contributed by atoms with Crippen molar-refractivity contribution in [2.75, 3.05) is 0 Å². The molecular formula is C6H12O2Si. The van der Waals surface area contributed by atoms with Crippen LogP contribution in [0.4, 0.5) is 0 Å². The van der Waals surface area contributed by atoms with Crippen LogP contribution in [0.25, 0.3) is 0 Å². The molecule has 3 heteroatoms. The molecule has 0 N–H and O–H groups in total. The van der Waals surface area contributed by atoms with Gasteiger partial charge in [0.2, 0.25) is 0 Å². The first kappa shape index (κ1) is 6.80. The minimum absolute atomic E-state index is 0.0936. The SMILES string of the molecule is CC(=O)O[Si]1(C)CCC1. The number of carbonyl (C=O) groups is 1. The molecule has 1 aliphatic heterocycles. The van der Waals surface area contributed by atoms with Crippen molar-refractivity contribution in [3.05, 3.63) is 0 Å². The lowest BCUT2D eigenvalue weighted by Crippen LogP contribution is -2.42. The second kappa shape index (κ2) is 2.14. The van der Waals surface area contributed by atoms with Gasteiger partial charge in [0, 0.05) is 6.92 Å². The van der Waals surface area contributed by atoms with Gasteiger partial charge in [0.15, 0.2) is 0 Å². The Balaban J connectivity index is 2.33. The van der Waals surface area contributed by atoms with Gasteiger partial charge in [-0.05, 0) is 18.6 Å². The van der Waals surface area contributed by atoms with Crippen LogP contribution in [0, 0.1) is 0 Å². The first-order valence-corrected chi connectivity index (χ1v) is 6.14. The molecule has 0 atom stereocenters. The van der Waals surface area contributed by atoms with Crippen molar-refractivity contribution in [2.24, 2.45) is 0 Å². The van der Waals surface area contributed by atoms with Crippen LogP contribution < -0.4 is 0 Å². The molecule has 0 unspecified atom stereocenters. The summed E-state index contributed by atoms with van der Waals surface area (Å²) in [6, 6.07) is 2.35. The van der Waals surface area contributed by atoms with Gasteiger partial charge in [-0.3, -0.25) is 4.79 Å². The van der Waals surface area contributed by atoms with Crippen molar-refractivity contribution in [1.29, 1.82) is 0 Å². The van der Waals surface area contributed by atoms with Crippen LogP contribution in [0.5, 0.6) is 0 Å². The van der Waals surface area contributed by atoms with E-state index in [-0.39, 0.29) is 5.97 Å². The summed E-state index contributed by atoms with van der Waals surface area (Å²) in [6.45, 7) is 3.62. The molecule has 0 aromatic carbocycles. The first-order valence-electron chi connectivity index (χ1n) is 3.32. The van der Waals surface area contributed by atoms with E-state index in [1.165, 1.54) is 25.4 Å². The van der Waals surface area contributed by atoms with Crippen LogP contribution >= 0.6 is 0 Å². The number of rotatable bonds is 1. The summed E-state index contributed by atoms with van der Waals surface area (Å²) in [6.07, 6.45) is 1.26. The average molecular weight is 144 g/mol. The topological polar surface area (TPSA) is 26.3 Å². The average Bonchev–Trinajstić information content (AvgIpc) is 1.60. The molecule has 0 spiro atoms. The van der Waals surface area contributed by atoms with Crippen LogP contribution in [0.3, 0.4) is 0 Å². The third-order valence-electron chi connectivity index (χ3n) is 1.80. The summed E-state index contributed by atoms with van der Waals surface area (Å²) in [5.74, 6) is -0.0936. The fourth-order valence-electron chi connectivity index (χ4n) is 1.12. The standard InChI is InChI=1S/C6H12O2Si/c1-6(7)8-9(2)4-3-5-9/h3-5H2,1-2H3. The van der Waals surface area contributed by atoms with Gasteiger partial charge in [-0.2, -0.15) is 0 Å². The molecule has 0 radical (unpaired) electrons. The van der Waals surface area contributed by atoms with Crippen molar-refractivity contribution < 1.29 is 9.22 Å². The summed E-state index contributed by atoms with van der Waals surface area (Å²) in [4.78, 5) is 10.5. The summed E-state index contributed by atoms with van der Waals surface area (Å²) in [7, 11) is -1.41. The van der Waals surface area contributed by atoms with Crippen LogP contribution in [0.15, 0.2) is 0 Å². The molecule has 0 bridgehead atoms. The van der Waals surface area contributed by atoms with Crippen molar-refractivity contribution in [1.82, 2.24) is 0 Å². The Bertz CT molecular complexity index is 129. The number of hydrogen-bond donors (Lipinski definition) is 0. The molecular weight excluding hydrogens is 132 g/mol. The van der Waals surface area contributed by atoms with E-state index in [1.54, 1.807) is 0 Å². The molecule has 1 aliphatic rings. The number of hydrogen-bond acceptors (Lipinski definition) is 2. The van der Waals surface area contributed by atoms with E-state index in [0.717, 1.165) is 0 Å². The predicted molar refractivity (Wildman–Crippen MR) is 37.6 cm³/mol. The highest BCUT2D eigenvalue weighted by molar-refractivity contribution is 6.76. The molecule has 1 rings (SSSR count). The lowest BCUT2D eigenvalue weighted by Gasteiger charge is -2.34. The van der Waals surface area contributed by atoms with Crippen molar-refractivity contribution in [3.63, 3.8) is 0 Å². The van der Waals surface area contributed by atoms with Crippen molar-refractivity contribution in [2.45, 2.75) is 32.0 Å². The fraction of sp³-hybridized carbons (Fsp3) is 0.833. The Hall–Kier alpha value is -0.313. The zero-order valence-corrected chi connectivity index (χ0v) is 6.94. The molecule has 0 aromatic rings. The van der Waals surface area contributed by atoms with Gasteiger partial charge in [0.1, 0.15) is 0 Å². The predicted octanol–water partition coefficient (Wildman–Crippen LogP) is 1.53. The zero-order chi connectivity index (χ0) is 6.91. The normalized spacial score (nSPS) is 22.4. The molecule has 1 heterocycles. The summed E-state index contributed by atoms with van der Waals surface area (Å²) < 4.78 is 5.17. The van der Waals surface area contributed by atoms with Gasteiger partial charge in [-0.25, -0.2) is 0 Å². The maximum atomic E-state index is 10.5. The van der Waals surface area contributed by atoms with Crippen LogP contribution in [-0.4, -0.2) is 14.3 Å². The van der Waals surface area contributed by atoms with Gasteiger partial charge in [0.25, 0.3) is 14.3 Å². The van der Waals surface area contributed by atoms with E-state index >= 15 is 0 Å². The molecule has 1 fully saturated rings. The molecule has 1 saturated heterocycles. The lowest BCUT2D eigenvalue weighted by molar-refractivity contribution is -0.132. The van der Waals surface area contributed by atoms with Crippen molar-refractivity contribution >= 4 is 14.3 Å². The summed E-state index contributed by atoms with van der Waals surface area (Å²) >= 11 is 0. The van der Waals surface area contributed by atoms with Gasteiger partial charge >= 0.3 is 0 Å². The summed E-state index contributed by atoms with van der Waals surface area (Å²) in [5, 5.41) is 0. The van der Waals surface area contributed by atoms with Gasteiger partial charge < -0.3 is 4.43 Å². The second-order valence-corrected chi connectivity index (χ2v) is 7.00. The molecule has 0 saturated carbocycles. The van der Waals surface area contributed by atoms with Crippen LogP contribution in [0.2, 0.25) is 18.6 Å². The number of carbonyl (C=O) groups excluding carboxylic acids is 1. The molecule has 0 amide bonds. The van der Waals surface area contributed by atoms with Crippen molar-refractivity contribution in [3.8, 4) is 0 Å². The second-order valence-electron chi connectivity index (χ2n) is 2.90. The highest BCUT2D eigenvalue weighted by Gasteiger charge is 2.38. The summed E-state index contributed by atoms with van der Waals surface area (Å²) in [5.41, 5.74) is 0. The van der Waals surface area contributed by atoms with E-state index < -0.39 is 8.32 Å². The maximum absolute atomic E-state index is 10.5. The Morgan fingerprint density at radius 3 is 2.22 bits per heavy atom. The minimum atomic E-state index is -1.41. The van der Waals surface area contributed by atoms with E-state index in [9.17, 15) is 4.79 Å². The zero-order valence-electron chi connectivity index (χ0n) is 5.94. The molecule has 0 aromatic heterocycles. The first-order chi connectivity index (χ1) is 4.12. The minimum Gasteiger partial charge on any atom is -0.520 e.